The molecule has 20 heavy (non-hydrogen) atoms. The van der Waals surface area contributed by atoms with Gasteiger partial charge in [-0.05, 0) is 12.1 Å². The summed E-state index contributed by atoms with van der Waals surface area (Å²) in [6, 6.07) is 4.33. The summed E-state index contributed by atoms with van der Waals surface area (Å²) < 4.78 is 6.58. The molecule has 2 N–H and O–H groups in total. The summed E-state index contributed by atoms with van der Waals surface area (Å²) in [5.74, 6) is -1.25. The van der Waals surface area contributed by atoms with E-state index in [1.807, 2.05) is 0 Å². The van der Waals surface area contributed by atoms with Crippen molar-refractivity contribution in [3.8, 4) is 5.75 Å². The number of amides is 1. The fourth-order valence-electron chi connectivity index (χ4n) is 1.72. The van der Waals surface area contributed by atoms with Crippen LogP contribution in [0.4, 0.5) is 5.69 Å². The van der Waals surface area contributed by atoms with Crippen LogP contribution in [0.3, 0.4) is 0 Å². The van der Waals surface area contributed by atoms with E-state index in [1.54, 1.807) is 11.6 Å². The molecule has 104 valence electrons. The van der Waals surface area contributed by atoms with E-state index in [2.05, 4.69) is 10.3 Å². The Bertz CT molecular complexity index is 663. The van der Waals surface area contributed by atoms with E-state index in [-0.39, 0.29) is 17.2 Å². The Morgan fingerprint density at radius 2 is 2.15 bits per heavy atom. The molecule has 0 radical (unpaired) electrons. The van der Waals surface area contributed by atoms with Gasteiger partial charge in [0.25, 0.3) is 5.91 Å². The van der Waals surface area contributed by atoms with Gasteiger partial charge in [0.1, 0.15) is 17.0 Å². The van der Waals surface area contributed by atoms with Crippen molar-refractivity contribution in [2.24, 2.45) is 7.05 Å². The van der Waals surface area contributed by atoms with Gasteiger partial charge in [-0.3, -0.25) is 4.79 Å². The van der Waals surface area contributed by atoms with Crippen molar-refractivity contribution < 1.29 is 19.4 Å². The number of nitrogens with zero attached hydrogens (tertiary/aromatic N) is 2. The minimum absolute atomic E-state index is 0.0334. The quantitative estimate of drug-likeness (QED) is 0.879. The Balaban J connectivity index is 2.24. The van der Waals surface area contributed by atoms with Crippen LogP contribution in [-0.2, 0) is 7.05 Å². The number of benzene rings is 1. The van der Waals surface area contributed by atoms with E-state index in [9.17, 15) is 9.59 Å². The van der Waals surface area contributed by atoms with Gasteiger partial charge >= 0.3 is 5.97 Å². The molecule has 0 aliphatic heterocycles. The first-order valence-electron chi connectivity index (χ1n) is 5.72. The van der Waals surface area contributed by atoms with Crippen LogP contribution in [0.2, 0.25) is 0 Å². The van der Waals surface area contributed by atoms with Crippen molar-refractivity contribution >= 4 is 17.6 Å². The van der Waals surface area contributed by atoms with Crippen LogP contribution < -0.4 is 10.1 Å². The predicted octanol–water partition coefficient (Wildman–Crippen LogP) is 1.38. The second-order valence-corrected chi connectivity index (χ2v) is 4.06. The van der Waals surface area contributed by atoms with E-state index in [0.717, 1.165) is 0 Å². The topological polar surface area (TPSA) is 93.5 Å². The van der Waals surface area contributed by atoms with Crippen LogP contribution in [0.25, 0.3) is 0 Å². The van der Waals surface area contributed by atoms with Crippen molar-refractivity contribution in [2.75, 3.05) is 12.4 Å². The summed E-state index contributed by atoms with van der Waals surface area (Å²) in [4.78, 5) is 26.8. The number of methoxy groups -OCH3 is 1. The number of aromatic carboxylic acids is 1. The molecule has 0 unspecified atom stereocenters. The summed E-state index contributed by atoms with van der Waals surface area (Å²) in [7, 11) is 3.07. The van der Waals surface area contributed by atoms with Crippen LogP contribution in [0.15, 0.2) is 30.7 Å². The van der Waals surface area contributed by atoms with Gasteiger partial charge < -0.3 is 19.7 Å². The first kappa shape index (κ1) is 13.6. The van der Waals surface area contributed by atoms with Crippen LogP contribution >= 0.6 is 0 Å². The third-order valence-corrected chi connectivity index (χ3v) is 2.74. The number of ether oxygens (including phenoxy) is 1. The average molecular weight is 275 g/mol. The largest absolute Gasteiger partial charge is 0.496 e. The summed E-state index contributed by atoms with van der Waals surface area (Å²) >= 11 is 0. The number of carbonyl (C=O) groups is 2. The number of aryl methyl sites for hydroxylation is 1. The Kier molecular flexibility index (Phi) is 3.69. The Labute approximate surface area is 114 Å². The molecule has 7 heteroatoms. The fraction of sp³-hybridized carbons (Fsp3) is 0.154. The van der Waals surface area contributed by atoms with Gasteiger partial charge in [0.15, 0.2) is 0 Å². The molecule has 0 atom stereocenters. The number of carbonyl (C=O) groups excluding carboxylic acids is 1. The minimum Gasteiger partial charge on any atom is -0.496 e. The zero-order chi connectivity index (χ0) is 14.7. The van der Waals surface area contributed by atoms with Gasteiger partial charge in [-0.25, -0.2) is 9.78 Å². The van der Waals surface area contributed by atoms with Gasteiger partial charge in [-0.15, -0.1) is 0 Å². The third-order valence-electron chi connectivity index (χ3n) is 2.74. The summed E-state index contributed by atoms with van der Waals surface area (Å²) in [5.41, 5.74) is 0.871. The maximum absolute atomic E-state index is 12.0. The Hall–Kier alpha value is -2.83. The van der Waals surface area contributed by atoms with Crippen molar-refractivity contribution in [2.45, 2.75) is 0 Å². The van der Waals surface area contributed by atoms with E-state index in [1.165, 1.54) is 37.8 Å². The normalized spacial score (nSPS) is 10.1. The molecular weight excluding hydrogens is 262 g/mol. The molecule has 0 spiro atoms. The predicted molar refractivity (Wildman–Crippen MR) is 71.1 cm³/mol. The molecule has 7 nitrogen and oxygen atoms in total. The maximum atomic E-state index is 12.0. The van der Waals surface area contributed by atoms with Crippen molar-refractivity contribution in [1.82, 2.24) is 9.55 Å². The van der Waals surface area contributed by atoms with Crippen LogP contribution in [0, 0.1) is 0 Å². The van der Waals surface area contributed by atoms with E-state index >= 15 is 0 Å². The number of aromatic nitrogens is 2. The highest BCUT2D eigenvalue weighted by Crippen LogP contribution is 2.23. The molecule has 1 heterocycles. The zero-order valence-corrected chi connectivity index (χ0v) is 11.0. The molecule has 0 saturated heterocycles. The maximum Gasteiger partial charge on any atom is 0.339 e. The molecule has 0 bridgehead atoms. The van der Waals surface area contributed by atoms with E-state index in [4.69, 9.17) is 9.84 Å². The lowest BCUT2D eigenvalue weighted by Gasteiger charge is -2.09. The van der Waals surface area contributed by atoms with Crippen molar-refractivity contribution in [3.05, 3.63) is 42.0 Å². The zero-order valence-electron chi connectivity index (χ0n) is 11.0. The number of carboxylic acids is 1. The second kappa shape index (κ2) is 5.43. The van der Waals surface area contributed by atoms with Gasteiger partial charge in [0.2, 0.25) is 0 Å². The first-order chi connectivity index (χ1) is 9.52. The van der Waals surface area contributed by atoms with Crippen LogP contribution in [0.1, 0.15) is 20.8 Å². The average Bonchev–Trinajstić information content (AvgIpc) is 2.84. The van der Waals surface area contributed by atoms with Crippen LogP contribution in [0.5, 0.6) is 5.75 Å². The SMILES string of the molecule is COc1cc(NC(=O)c2cncn2C)ccc1C(=O)O. The van der Waals surface area contributed by atoms with Gasteiger partial charge in [0, 0.05) is 18.8 Å². The smallest absolute Gasteiger partial charge is 0.339 e. The molecule has 2 rings (SSSR count). The number of imidazole rings is 1. The molecular formula is C13H13N3O4. The highest BCUT2D eigenvalue weighted by Gasteiger charge is 2.14. The standard InChI is InChI=1S/C13H13N3O4/c1-16-7-14-6-10(16)12(17)15-8-3-4-9(13(18)19)11(5-8)20-2/h3-7H,1-2H3,(H,15,17)(H,18,19). The highest BCUT2D eigenvalue weighted by atomic mass is 16.5. The van der Waals surface area contributed by atoms with Crippen molar-refractivity contribution in [1.29, 1.82) is 0 Å². The molecule has 0 aliphatic rings. The molecule has 0 fully saturated rings. The second-order valence-electron chi connectivity index (χ2n) is 4.06. The number of hydrogen-bond donors (Lipinski definition) is 2. The number of nitrogens with one attached hydrogen (secondary N) is 1. The van der Waals surface area contributed by atoms with Gasteiger partial charge in [-0.1, -0.05) is 0 Å². The summed E-state index contributed by atoms with van der Waals surface area (Å²) in [6.45, 7) is 0. The minimum atomic E-state index is -1.09. The third kappa shape index (κ3) is 2.61. The van der Waals surface area contributed by atoms with Gasteiger partial charge in [-0.2, -0.15) is 0 Å². The fourth-order valence-corrected chi connectivity index (χ4v) is 1.72. The number of hydrogen-bond acceptors (Lipinski definition) is 4. The number of carboxylic acid groups (broad SMARTS) is 1. The number of anilines is 1. The molecule has 2 aromatic rings. The van der Waals surface area contributed by atoms with E-state index < -0.39 is 5.97 Å². The molecule has 0 aliphatic carbocycles. The monoisotopic (exact) mass is 275 g/mol. The van der Waals surface area contributed by atoms with Crippen molar-refractivity contribution in [3.63, 3.8) is 0 Å². The molecule has 1 amide bonds. The summed E-state index contributed by atoms with van der Waals surface area (Å²) in [5, 5.41) is 11.6. The number of rotatable bonds is 4. The Morgan fingerprint density at radius 1 is 1.40 bits per heavy atom. The molecule has 1 aromatic heterocycles. The van der Waals surface area contributed by atoms with Gasteiger partial charge in [0.05, 0.1) is 19.6 Å². The van der Waals surface area contributed by atoms with E-state index in [0.29, 0.717) is 11.4 Å². The first-order valence-corrected chi connectivity index (χ1v) is 5.72. The lowest BCUT2D eigenvalue weighted by atomic mass is 10.2. The highest BCUT2D eigenvalue weighted by molar-refractivity contribution is 6.03. The lowest BCUT2D eigenvalue weighted by molar-refractivity contribution is 0.0693. The van der Waals surface area contributed by atoms with Crippen LogP contribution in [-0.4, -0.2) is 33.6 Å². The lowest BCUT2D eigenvalue weighted by Crippen LogP contribution is -2.15. The molecule has 0 saturated carbocycles. The summed E-state index contributed by atoms with van der Waals surface area (Å²) in [6.07, 6.45) is 2.96. The Morgan fingerprint density at radius 3 is 2.70 bits per heavy atom. The molecule has 1 aromatic carbocycles.